The van der Waals surface area contributed by atoms with Gasteiger partial charge in [0.05, 0.1) is 24.1 Å². The smallest absolute Gasteiger partial charge is 0.387 e. The minimum atomic E-state index is -3.04. The van der Waals surface area contributed by atoms with Gasteiger partial charge in [-0.15, -0.1) is 0 Å². The lowest BCUT2D eigenvalue weighted by atomic mass is 9.89. The number of nitrogens with zero attached hydrogens (tertiary/aromatic N) is 3. The van der Waals surface area contributed by atoms with Crippen LogP contribution in [-0.2, 0) is 18.0 Å². The number of aliphatic hydroxyl groups is 1. The van der Waals surface area contributed by atoms with Crippen molar-refractivity contribution in [1.29, 1.82) is 5.26 Å². The average molecular weight is 521 g/mol. The zero-order valence-corrected chi connectivity index (χ0v) is 20.4. The first-order valence-corrected chi connectivity index (χ1v) is 11.6. The second-order valence-electron chi connectivity index (χ2n) is 8.68. The number of hydrogen-bond acceptors (Lipinski definition) is 6. The van der Waals surface area contributed by atoms with E-state index in [1.165, 1.54) is 35.8 Å². The monoisotopic (exact) mass is 521 g/mol. The third-order valence-corrected chi connectivity index (χ3v) is 6.34. The number of methoxy groups -OCH3 is 1. The molecule has 10 heteroatoms. The highest BCUT2D eigenvalue weighted by atomic mass is 19.3. The number of allylic oxidation sites excluding steroid dienone is 1. The molecule has 2 aromatic carbocycles. The molecule has 0 fully saturated rings. The van der Waals surface area contributed by atoms with Crippen LogP contribution in [0.25, 0.3) is 11.2 Å². The molecular weight excluding hydrogens is 499 g/mol. The molecule has 0 radical (unpaired) electrons. The molecule has 1 aliphatic heterocycles. The van der Waals surface area contributed by atoms with E-state index in [0.717, 1.165) is 0 Å². The molecule has 0 bridgehead atoms. The number of fused-ring (bicyclic) bond motifs is 3. The summed E-state index contributed by atoms with van der Waals surface area (Å²) < 4.78 is 57.1. The van der Waals surface area contributed by atoms with Gasteiger partial charge in [0.15, 0.2) is 11.4 Å². The molecular formula is C28H22F3N3O4. The number of nitriles is 1. The van der Waals surface area contributed by atoms with Gasteiger partial charge in [-0.3, -0.25) is 4.40 Å². The Bertz CT molecular complexity index is 1610. The van der Waals surface area contributed by atoms with Gasteiger partial charge in [-0.05, 0) is 53.9 Å². The third-order valence-electron chi connectivity index (χ3n) is 6.34. The predicted molar refractivity (Wildman–Crippen MR) is 131 cm³/mol. The summed E-state index contributed by atoms with van der Waals surface area (Å²) in [6.07, 6.45) is 0.363. The summed E-state index contributed by atoms with van der Waals surface area (Å²) in [5, 5.41) is 21.2. The molecule has 194 valence electrons. The number of ether oxygens (including phenoxy) is 3. The molecule has 4 aromatic rings. The van der Waals surface area contributed by atoms with E-state index in [1.54, 1.807) is 37.4 Å². The summed E-state index contributed by atoms with van der Waals surface area (Å²) >= 11 is 0. The first-order chi connectivity index (χ1) is 18.3. The molecule has 38 heavy (non-hydrogen) atoms. The van der Waals surface area contributed by atoms with Crippen LogP contribution < -0.4 is 9.47 Å². The Balaban J connectivity index is 1.63. The fourth-order valence-electron chi connectivity index (χ4n) is 4.72. The van der Waals surface area contributed by atoms with Gasteiger partial charge in [0.1, 0.15) is 24.3 Å². The molecule has 0 saturated carbocycles. The summed E-state index contributed by atoms with van der Waals surface area (Å²) in [5.74, 6) is -0.294. The molecule has 3 heterocycles. The summed E-state index contributed by atoms with van der Waals surface area (Å²) in [6, 6.07) is 14.4. The van der Waals surface area contributed by atoms with Crippen LogP contribution in [0.2, 0.25) is 0 Å². The Morgan fingerprint density at radius 1 is 1.21 bits per heavy atom. The first kappa shape index (κ1) is 25.3. The van der Waals surface area contributed by atoms with Gasteiger partial charge < -0.3 is 19.3 Å². The molecule has 5 rings (SSSR count). The van der Waals surface area contributed by atoms with E-state index in [-0.39, 0.29) is 24.6 Å². The number of alkyl halides is 2. The third kappa shape index (κ3) is 4.47. The van der Waals surface area contributed by atoms with E-state index in [4.69, 9.17) is 9.47 Å². The van der Waals surface area contributed by atoms with Crippen LogP contribution in [0, 0.1) is 17.1 Å². The van der Waals surface area contributed by atoms with Crippen LogP contribution in [0.3, 0.4) is 0 Å². The van der Waals surface area contributed by atoms with Gasteiger partial charge in [-0.2, -0.15) is 14.0 Å². The van der Waals surface area contributed by atoms with Crippen molar-refractivity contribution in [3.05, 3.63) is 99.8 Å². The van der Waals surface area contributed by atoms with E-state index >= 15 is 0 Å². The molecule has 2 aromatic heterocycles. The average Bonchev–Trinajstić information content (AvgIpc) is 3.19. The minimum Gasteiger partial charge on any atom is -0.488 e. The van der Waals surface area contributed by atoms with Crippen LogP contribution in [0.5, 0.6) is 11.5 Å². The predicted octanol–water partition coefficient (Wildman–Crippen LogP) is 5.54. The van der Waals surface area contributed by atoms with E-state index in [9.17, 15) is 23.5 Å². The highest BCUT2D eigenvalue weighted by molar-refractivity contribution is 5.88. The van der Waals surface area contributed by atoms with Crippen molar-refractivity contribution in [3.8, 4) is 17.6 Å². The van der Waals surface area contributed by atoms with Crippen molar-refractivity contribution in [2.24, 2.45) is 0 Å². The second-order valence-corrected chi connectivity index (χ2v) is 8.68. The number of rotatable bonds is 6. The molecule has 1 unspecified atom stereocenters. The number of aromatic nitrogens is 2. The molecule has 1 aliphatic rings. The van der Waals surface area contributed by atoms with Crippen molar-refractivity contribution in [1.82, 2.24) is 9.38 Å². The maximum atomic E-state index is 14.0. The standard InChI is InChI=1S/C28H22F3N3O4/c1-15(12-32)24-19-7-5-16(10-17(19)13-37-23-11-18(29)6-8-20(23)24)26(35)25-21(14-36-2)33-27-22(38-28(30)31)4-3-9-34(25)27/h3-11,26,28,35H,13-14H2,1-2H3/b24-15-. The Morgan fingerprint density at radius 2 is 2.00 bits per heavy atom. The van der Waals surface area contributed by atoms with Gasteiger partial charge in [-0.25, -0.2) is 9.37 Å². The SMILES string of the molecule is COCc1nc2c(OC(F)F)cccn2c1C(O)c1ccc2c(c1)COc1cc(F)ccc1/C2=C(/C)C#N. The normalized spacial score (nSPS) is 14.8. The topological polar surface area (TPSA) is 89.0 Å². The second kappa shape index (κ2) is 10.2. The molecule has 0 amide bonds. The van der Waals surface area contributed by atoms with E-state index in [2.05, 4.69) is 15.8 Å². The Morgan fingerprint density at radius 3 is 2.74 bits per heavy atom. The maximum absolute atomic E-state index is 14.0. The zero-order valence-electron chi connectivity index (χ0n) is 20.4. The Kier molecular flexibility index (Phi) is 6.80. The number of pyridine rings is 1. The van der Waals surface area contributed by atoms with Crippen LogP contribution in [-0.4, -0.2) is 28.2 Å². The zero-order chi connectivity index (χ0) is 27.0. The van der Waals surface area contributed by atoms with Gasteiger partial charge in [0.2, 0.25) is 0 Å². The Hall–Kier alpha value is -4.33. The molecule has 0 saturated heterocycles. The van der Waals surface area contributed by atoms with E-state index in [1.807, 2.05) is 0 Å². The largest absolute Gasteiger partial charge is 0.488 e. The van der Waals surface area contributed by atoms with Crippen LogP contribution in [0.4, 0.5) is 13.2 Å². The highest BCUT2D eigenvalue weighted by Gasteiger charge is 2.27. The van der Waals surface area contributed by atoms with Crippen molar-refractivity contribution in [2.75, 3.05) is 7.11 Å². The van der Waals surface area contributed by atoms with E-state index in [0.29, 0.717) is 50.5 Å². The van der Waals surface area contributed by atoms with Gasteiger partial charge in [0, 0.05) is 36.1 Å². The van der Waals surface area contributed by atoms with Crippen LogP contribution >= 0.6 is 0 Å². The minimum absolute atomic E-state index is 0.0192. The van der Waals surface area contributed by atoms with Crippen LogP contribution in [0.15, 0.2) is 60.3 Å². The lowest BCUT2D eigenvalue weighted by Gasteiger charge is -2.17. The summed E-state index contributed by atoms with van der Waals surface area (Å²) in [7, 11) is 1.46. The molecule has 1 atom stereocenters. The quantitative estimate of drug-likeness (QED) is 0.335. The molecule has 0 spiro atoms. The van der Waals surface area contributed by atoms with Gasteiger partial charge >= 0.3 is 6.61 Å². The fourth-order valence-corrected chi connectivity index (χ4v) is 4.72. The van der Waals surface area contributed by atoms with Crippen molar-refractivity contribution < 1.29 is 32.5 Å². The fraction of sp³-hybridized carbons (Fsp3) is 0.214. The first-order valence-electron chi connectivity index (χ1n) is 11.6. The van der Waals surface area contributed by atoms with Gasteiger partial charge in [0.25, 0.3) is 0 Å². The molecule has 1 N–H and O–H groups in total. The number of halogens is 3. The van der Waals surface area contributed by atoms with E-state index < -0.39 is 18.5 Å². The van der Waals surface area contributed by atoms with Crippen molar-refractivity contribution >= 4 is 11.2 Å². The highest BCUT2D eigenvalue weighted by Crippen LogP contribution is 2.40. The lowest BCUT2D eigenvalue weighted by Crippen LogP contribution is -2.09. The Labute approximate surface area is 215 Å². The summed E-state index contributed by atoms with van der Waals surface area (Å²) in [4.78, 5) is 4.40. The molecule has 0 aliphatic carbocycles. The van der Waals surface area contributed by atoms with Crippen molar-refractivity contribution in [3.63, 3.8) is 0 Å². The number of aliphatic hydroxyl groups excluding tert-OH is 1. The number of imidazole rings is 1. The number of benzene rings is 2. The van der Waals surface area contributed by atoms with Gasteiger partial charge in [-0.1, -0.05) is 12.1 Å². The maximum Gasteiger partial charge on any atom is 0.387 e. The van der Waals surface area contributed by atoms with Crippen molar-refractivity contribution in [2.45, 2.75) is 32.9 Å². The lowest BCUT2D eigenvalue weighted by molar-refractivity contribution is -0.0491. The number of hydrogen-bond donors (Lipinski definition) is 1. The summed E-state index contributed by atoms with van der Waals surface area (Å²) in [6.45, 7) is -1.28. The molecule has 7 nitrogen and oxygen atoms in total. The van der Waals surface area contributed by atoms with Crippen LogP contribution in [0.1, 0.15) is 46.7 Å². The summed E-state index contributed by atoms with van der Waals surface area (Å²) in [5.41, 5.74) is 4.27.